The quantitative estimate of drug-likeness (QED) is 0.230. The van der Waals surface area contributed by atoms with Crippen molar-refractivity contribution in [2.24, 2.45) is 0 Å². The van der Waals surface area contributed by atoms with E-state index in [2.05, 4.69) is 114 Å². The highest BCUT2D eigenvalue weighted by atomic mass is 31.1. The topological polar surface area (TPSA) is 22.1 Å². The Morgan fingerprint density at radius 2 is 1.16 bits per heavy atom. The van der Waals surface area contributed by atoms with Crippen molar-refractivity contribution in [3.63, 3.8) is 0 Å². The fourth-order valence-corrected chi connectivity index (χ4v) is 13.2. The third kappa shape index (κ3) is 5.57. The first-order valence-electron chi connectivity index (χ1n) is 11.8. The van der Waals surface area contributed by atoms with E-state index in [1.54, 1.807) is 0 Å². The van der Waals surface area contributed by atoms with Crippen LogP contribution >= 0.6 is 7.92 Å². The van der Waals surface area contributed by atoms with E-state index >= 15 is 0 Å². The molecule has 0 aliphatic carbocycles. The molecule has 0 unspecified atom stereocenters. The first kappa shape index (κ1) is 24.8. The van der Waals surface area contributed by atoms with E-state index in [1.165, 1.54) is 10.6 Å². The van der Waals surface area contributed by atoms with Gasteiger partial charge in [-0.2, -0.15) is 0 Å². The van der Waals surface area contributed by atoms with Gasteiger partial charge in [-0.1, -0.05) is 108 Å². The van der Waals surface area contributed by atoms with Crippen LogP contribution in [0.15, 0.2) is 85.1 Å². The minimum Gasteiger partial charge on any atom is -0.407 e. The van der Waals surface area contributed by atoms with Crippen molar-refractivity contribution in [1.29, 1.82) is 0 Å². The largest absolute Gasteiger partial charge is 0.407 e. The third-order valence-corrected chi connectivity index (χ3v) is 15.2. The molecule has 0 aliphatic rings. The molecule has 32 heavy (non-hydrogen) atoms. The van der Waals surface area contributed by atoms with Crippen molar-refractivity contribution in [3.05, 3.63) is 90.8 Å². The standard InChI is InChI=1S/C28H38NOPSi/c1-22(2)32(23(3)4,24(5)6)30-28(27-19-13-14-20-29-27)21-31(25-15-9-7-10-16-25)26-17-11-8-12-18-26/h7-20,22-24,28H,21H2,1-6H3/t28-/m0/s1. The number of pyridine rings is 1. The van der Waals surface area contributed by atoms with Crippen molar-refractivity contribution in [3.8, 4) is 0 Å². The molecule has 2 nitrogen and oxygen atoms in total. The molecule has 0 saturated heterocycles. The first-order valence-corrected chi connectivity index (χ1v) is 15.5. The molecular formula is C28H38NOPSi. The van der Waals surface area contributed by atoms with Gasteiger partial charge in [-0.05, 0) is 47.3 Å². The molecule has 0 saturated carbocycles. The van der Waals surface area contributed by atoms with Gasteiger partial charge in [0.05, 0.1) is 11.8 Å². The molecule has 0 fully saturated rings. The molecule has 0 aliphatic heterocycles. The van der Waals surface area contributed by atoms with Crippen LogP contribution in [0, 0.1) is 0 Å². The number of hydrogen-bond donors (Lipinski definition) is 0. The second-order valence-electron chi connectivity index (χ2n) is 9.46. The van der Waals surface area contributed by atoms with Gasteiger partial charge in [-0.15, -0.1) is 0 Å². The molecule has 170 valence electrons. The van der Waals surface area contributed by atoms with E-state index in [1.807, 2.05) is 12.3 Å². The Morgan fingerprint density at radius 3 is 1.56 bits per heavy atom. The maximum Gasteiger partial charge on any atom is 0.201 e. The summed E-state index contributed by atoms with van der Waals surface area (Å²) in [6.07, 6.45) is 2.84. The Morgan fingerprint density at radius 1 is 0.688 bits per heavy atom. The summed E-state index contributed by atoms with van der Waals surface area (Å²) in [5.41, 5.74) is 2.67. The number of rotatable bonds is 10. The van der Waals surface area contributed by atoms with E-state index < -0.39 is 16.2 Å². The zero-order chi connectivity index (χ0) is 23.1. The molecule has 1 aromatic heterocycles. The molecule has 0 amide bonds. The van der Waals surface area contributed by atoms with Gasteiger partial charge in [0.25, 0.3) is 0 Å². The maximum absolute atomic E-state index is 7.37. The van der Waals surface area contributed by atoms with E-state index in [0.717, 1.165) is 11.9 Å². The Labute approximate surface area is 197 Å². The van der Waals surface area contributed by atoms with Crippen LogP contribution in [0.25, 0.3) is 0 Å². The van der Waals surface area contributed by atoms with Gasteiger partial charge in [-0.3, -0.25) is 4.98 Å². The van der Waals surface area contributed by atoms with Crippen LogP contribution in [0.4, 0.5) is 0 Å². The van der Waals surface area contributed by atoms with Crippen molar-refractivity contribution in [1.82, 2.24) is 4.98 Å². The van der Waals surface area contributed by atoms with E-state index in [9.17, 15) is 0 Å². The van der Waals surface area contributed by atoms with Crippen LogP contribution in [-0.4, -0.2) is 19.5 Å². The summed E-state index contributed by atoms with van der Waals surface area (Å²) < 4.78 is 7.37. The van der Waals surface area contributed by atoms with Gasteiger partial charge in [0, 0.05) is 12.4 Å². The minimum absolute atomic E-state index is 0.0124. The second-order valence-corrected chi connectivity index (χ2v) is 17.1. The molecule has 0 spiro atoms. The Bertz CT molecular complexity index is 870. The predicted molar refractivity (Wildman–Crippen MR) is 143 cm³/mol. The normalized spacial score (nSPS) is 13.3. The zero-order valence-electron chi connectivity index (χ0n) is 20.4. The molecule has 4 heteroatoms. The van der Waals surface area contributed by atoms with Crippen LogP contribution in [-0.2, 0) is 4.43 Å². The van der Waals surface area contributed by atoms with Crippen LogP contribution in [0.1, 0.15) is 53.3 Å². The number of benzene rings is 2. The molecule has 0 radical (unpaired) electrons. The van der Waals surface area contributed by atoms with Crippen LogP contribution in [0.5, 0.6) is 0 Å². The third-order valence-electron chi connectivity index (χ3n) is 6.56. The van der Waals surface area contributed by atoms with E-state index in [0.29, 0.717) is 16.6 Å². The summed E-state index contributed by atoms with van der Waals surface area (Å²) in [5, 5.41) is 2.79. The summed E-state index contributed by atoms with van der Waals surface area (Å²) in [6, 6.07) is 28.1. The lowest BCUT2D eigenvalue weighted by Gasteiger charge is -2.45. The molecule has 0 bridgehead atoms. The predicted octanol–water partition coefficient (Wildman–Crippen LogP) is 7.45. The number of aromatic nitrogens is 1. The average molecular weight is 464 g/mol. The van der Waals surface area contributed by atoms with Gasteiger partial charge in [0.15, 0.2) is 0 Å². The smallest absolute Gasteiger partial charge is 0.201 e. The van der Waals surface area contributed by atoms with E-state index in [4.69, 9.17) is 9.41 Å². The summed E-state index contributed by atoms with van der Waals surface area (Å²) in [4.78, 5) is 4.79. The first-order chi connectivity index (χ1) is 15.4. The summed E-state index contributed by atoms with van der Waals surface area (Å²) in [7, 11) is -2.64. The SMILES string of the molecule is CC(C)[Si](O[C@@H](CP(c1ccccc1)c1ccccc1)c1ccccn1)(C(C)C)C(C)C. The Kier molecular flexibility index (Phi) is 8.82. The van der Waals surface area contributed by atoms with Gasteiger partial charge in [0.1, 0.15) is 0 Å². The lowest BCUT2D eigenvalue weighted by atomic mass is 10.2. The monoisotopic (exact) mass is 463 g/mol. The molecule has 1 heterocycles. The minimum atomic E-state index is -2.07. The summed E-state index contributed by atoms with van der Waals surface area (Å²) >= 11 is 0. The van der Waals surface area contributed by atoms with Crippen LogP contribution < -0.4 is 10.6 Å². The Balaban J connectivity index is 2.07. The van der Waals surface area contributed by atoms with Gasteiger partial charge < -0.3 is 4.43 Å². The molecule has 0 N–H and O–H groups in total. The van der Waals surface area contributed by atoms with Crippen LogP contribution in [0.3, 0.4) is 0 Å². The number of nitrogens with zero attached hydrogens (tertiary/aromatic N) is 1. The highest BCUT2D eigenvalue weighted by Crippen LogP contribution is 2.47. The Hall–Kier alpha value is -1.80. The van der Waals surface area contributed by atoms with Crippen LogP contribution in [0.2, 0.25) is 16.6 Å². The highest BCUT2D eigenvalue weighted by molar-refractivity contribution is 7.73. The maximum atomic E-state index is 7.37. The van der Waals surface area contributed by atoms with Crippen molar-refractivity contribution < 1.29 is 4.43 Å². The van der Waals surface area contributed by atoms with Crippen molar-refractivity contribution in [2.75, 3.05) is 6.16 Å². The van der Waals surface area contributed by atoms with E-state index in [-0.39, 0.29) is 6.10 Å². The van der Waals surface area contributed by atoms with Gasteiger partial charge >= 0.3 is 0 Å². The fourth-order valence-electron chi connectivity index (χ4n) is 5.15. The number of hydrogen-bond acceptors (Lipinski definition) is 2. The molecule has 3 rings (SSSR count). The lowest BCUT2D eigenvalue weighted by molar-refractivity contribution is 0.194. The average Bonchev–Trinajstić information content (AvgIpc) is 2.80. The summed E-state index contributed by atoms with van der Waals surface area (Å²) in [6.45, 7) is 14.2. The molecule has 1 atom stereocenters. The van der Waals surface area contributed by atoms with Gasteiger partial charge in [0.2, 0.25) is 8.32 Å². The van der Waals surface area contributed by atoms with Crippen molar-refractivity contribution >= 4 is 26.8 Å². The van der Waals surface area contributed by atoms with Gasteiger partial charge in [-0.25, -0.2) is 0 Å². The highest BCUT2D eigenvalue weighted by Gasteiger charge is 2.47. The zero-order valence-corrected chi connectivity index (χ0v) is 22.3. The summed E-state index contributed by atoms with van der Waals surface area (Å²) in [5.74, 6) is 0. The van der Waals surface area contributed by atoms with Crippen molar-refractivity contribution in [2.45, 2.75) is 64.3 Å². The second kappa shape index (κ2) is 11.4. The molecule has 2 aromatic carbocycles. The molecular weight excluding hydrogens is 425 g/mol. The lowest BCUT2D eigenvalue weighted by Crippen LogP contribution is -2.49. The fraction of sp³-hybridized carbons (Fsp3) is 0.393. The molecule has 3 aromatic rings.